The number of amides is 2. The number of alkyl halides is 3. The summed E-state index contributed by atoms with van der Waals surface area (Å²) in [6.07, 6.45) is -0.251. The van der Waals surface area contributed by atoms with Gasteiger partial charge in [0, 0.05) is 17.6 Å². The van der Waals surface area contributed by atoms with E-state index >= 15 is 0 Å². The van der Waals surface area contributed by atoms with Gasteiger partial charge in [0.2, 0.25) is 21.8 Å². The van der Waals surface area contributed by atoms with Crippen LogP contribution < -0.4 is 9.62 Å². The maximum Gasteiger partial charge on any atom is 0.416 e. The van der Waals surface area contributed by atoms with Crippen molar-refractivity contribution in [2.45, 2.75) is 57.4 Å². The van der Waals surface area contributed by atoms with Crippen molar-refractivity contribution in [1.29, 1.82) is 0 Å². The molecule has 2 aromatic rings. The van der Waals surface area contributed by atoms with E-state index in [0.717, 1.165) is 44.1 Å². The van der Waals surface area contributed by atoms with Crippen LogP contribution in [0.5, 0.6) is 0 Å². The summed E-state index contributed by atoms with van der Waals surface area (Å²) in [5.74, 6) is -1.15. The number of halogens is 4. The third-order valence-corrected chi connectivity index (χ3v) is 7.63. The van der Waals surface area contributed by atoms with Crippen LogP contribution in [0.4, 0.5) is 18.9 Å². The van der Waals surface area contributed by atoms with Gasteiger partial charge in [0.05, 0.1) is 17.5 Å². The van der Waals surface area contributed by atoms with Crippen LogP contribution >= 0.6 is 11.6 Å². The SMILES string of the molecule is CC(C(=O)NC1CCCC1)N(Cc1cccc(Cl)c1)C(=O)CN(c1cccc(C(F)(F)F)c1)S(C)(=O)=O. The molecule has 0 bridgehead atoms. The zero-order chi connectivity index (χ0) is 27.4. The first-order valence-corrected chi connectivity index (χ1v) is 14.0. The van der Waals surface area contributed by atoms with Crippen molar-refractivity contribution < 1.29 is 31.2 Å². The molecule has 1 aliphatic carbocycles. The molecule has 3 rings (SSSR count). The Bertz CT molecular complexity index is 1230. The molecule has 12 heteroatoms. The van der Waals surface area contributed by atoms with Crippen LogP contribution in [0, 0.1) is 0 Å². The largest absolute Gasteiger partial charge is 0.416 e. The van der Waals surface area contributed by atoms with Gasteiger partial charge in [-0.1, -0.05) is 42.6 Å². The molecule has 0 aliphatic heterocycles. The van der Waals surface area contributed by atoms with Crippen molar-refractivity contribution in [2.75, 3.05) is 17.1 Å². The summed E-state index contributed by atoms with van der Waals surface area (Å²) in [4.78, 5) is 27.7. The number of hydrogen-bond acceptors (Lipinski definition) is 4. The van der Waals surface area contributed by atoms with Crippen LogP contribution in [0.3, 0.4) is 0 Å². The van der Waals surface area contributed by atoms with Crippen molar-refractivity contribution in [3.05, 3.63) is 64.7 Å². The highest BCUT2D eigenvalue weighted by Crippen LogP contribution is 2.32. The lowest BCUT2D eigenvalue weighted by Gasteiger charge is -2.32. The maximum absolute atomic E-state index is 13.5. The van der Waals surface area contributed by atoms with Crippen molar-refractivity contribution in [1.82, 2.24) is 10.2 Å². The van der Waals surface area contributed by atoms with E-state index in [1.807, 2.05) is 0 Å². The normalized spacial score (nSPS) is 15.3. The molecule has 1 saturated carbocycles. The van der Waals surface area contributed by atoms with Crippen molar-refractivity contribution >= 4 is 39.1 Å². The Kier molecular flexibility index (Phi) is 9.12. The van der Waals surface area contributed by atoms with E-state index in [0.29, 0.717) is 21.0 Å². The summed E-state index contributed by atoms with van der Waals surface area (Å²) >= 11 is 6.08. The average molecular weight is 560 g/mol. The number of carbonyl (C=O) groups is 2. The lowest BCUT2D eigenvalue weighted by molar-refractivity contribution is -0.139. The molecule has 202 valence electrons. The number of carbonyl (C=O) groups excluding carboxylic acids is 2. The van der Waals surface area contributed by atoms with Crippen LogP contribution in [0.1, 0.15) is 43.7 Å². The molecule has 1 atom stereocenters. The van der Waals surface area contributed by atoms with Gasteiger partial charge in [0.1, 0.15) is 12.6 Å². The second-order valence-corrected chi connectivity index (χ2v) is 11.5. The molecule has 1 aliphatic rings. The van der Waals surface area contributed by atoms with Gasteiger partial charge in [-0.25, -0.2) is 8.42 Å². The Labute approximate surface area is 219 Å². The standard InChI is InChI=1S/C25H29ClF3N3O4S/c1-17(24(34)30-21-10-3-4-11-21)31(15-18-7-5-9-20(26)13-18)23(33)16-32(37(2,35)36)22-12-6-8-19(14-22)25(27,28)29/h5-9,12-14,17,21H,3-4,10-11,15-16H2,1-2H3,(H,30,34). The number of rotatable bonds is 9. The zero-order valence-corrected chi connectivity index (χ0v) is 22.0. The Balaban J connectivity index is 1.92. The van der Waals surface area contributed by atoms with Crippen LogP contribution in [0.2, 0.25) is 5.02 Å². The number of nitrogens with one attached hydrogen (secondary N) is 1. The summed E-state index contributed by atoms with van der Waals surface area (Å²) in [5, 5.41) is 3.35. The fraction of sp³-hybridized carbons (Fsp3) is 0.440. The second-order valence-electron chi connectivity index (χ2n) is 9.14. The molecule has 0 radical (unpaired) electrons. The molecule has 0 heterocycles. The molecular weight excluding hydrogens is 531 g/mol. The molecule has 1 N–H and O–H groups in total. The molecule has 1 fully saturated rings. The van der Waals surface area contributed by atoms with Crippen LogP contribution in [-0.2, 0) is 32.3 Å². The summed E-state index contributed by atoms with van der Waals surface area (Å²) < 4.78 is 65.5. The number of hydrogen-bond donors (Lipinski definition) is 1. The fourth-order valence-corrected chi connectivity index (χ4v) is 5.31. The van der Waals surface area contributed by atoms with E-state index in [1.54, 1.807) is 24.3 Å². The smallest absolute Gasteiger partial charge is 0.352 e. The lowest BCUT2D eigenvalue weighted by atomic mass is 10.1. The van der Waals surface area contributed by atoms with Gasteiger partial charge in [-0.3, -0.25) is 13.9 Å². The summed E-state index contributed by atoms with van der Waals surface area (Å²) in [7, 11) is -4.16. The predicted octanol–water partition coefficient (Wildman–Crippen LogP) is 4.60. The molecular formula is C25H29ClF3N3O4S. The summed E-state index contributed by atoms with van der Waals surface area (Å²) in [6.45, 7) is 0.683. The van der Waals surface area contributed by atoms with Crippen LogP contribution in [0.15, 0.2) is 48.5 Å². The minimum atomic E-state index is -4.70. The monoisotopic (exact) mass is 559 g/mol. The molecule has 7 nitrogen and oxygen atoms in total. The van der Waals surface area contributed by atoms with E-state index in [2.05, 4.69) is 5.32 Å². The van der Waals surface area contributed by atoms with Crippen LogP contribution in [0.25, 0.3) is 0 Å². The molecule has 0 aromatic heterocycles. The number of nitrogens with zero attached hydrogens (tertiary/aromatic N) is 2. The first-order chi connectivity index (χ1) is 17.3. The van der Waals surface area contributed by atoms with Gasteiger partial charge in [0.25, 0.3) is 0 Å². The quantitative estimate of drug-likeness (QED) is 0.486. The van der Waals surface area contributed by atoms with Gasteiger partial charge < -0.3 is 10.2 Å². The molecule has 0 spiro atoms. The number of benzene rings is 2. The zero-order valence-electron chi connectivity index (χ0n) is 20.5. The fourth-order valence-electron chi connectivity index (χ4n) is 4.26. The molecule has 1 unspecified atom stereocenters. The van der Waals surface area contributed by atoms with E-state index in [4.69, 9.17) is 11.6 Å². The lowest BCUT2D eigenvalue weighted by Crippen LogP contribution is -2.52. The summed E-state index contributed by atoms with van der Waals surface area (Å²) in [6, 6.07) is 9.40. The maximum atomic E-state index is 13.5. The van der Waals surface area contributed by atoms with E-state index < -0.39 is 46.2 Å². The van der Waals surface area contributed by atoms with E-state index in [1.165, 1.54) is 17.9 Å². The van der Waals surface area contributed by atoms with Gasteiger partial charge in [0.15, 0.2) is 0 Å². The molecule has 2 aromatic carbocycles. The first kappa shape index (κ1) is 28.8. The average Bonchev–Trinajstić information content (AvgIpc) is 3.32. The second kappa shape index (κ2) is 11.7. The molecule has 0 saturated heterocycles. The van der Waals surface area contributed by atoms with Gasteiger partial charge in [-0.2, -0.15) is 13.2 Å². The third-order valence-electron chi connectivity index (χ3n) is 6.25. The summed E-state index contributed by atoms with van der Waals surface area (Å²) in [5.41, 5.74) is -0.756. The third kappa shape index (κ3) is 7.85. The Hall–Kier alpha value is -2.79. The Morgan fingerprint density at radius 1 is 1.11 bits per heavy atom. The van der Waals surface area contributed by atoms with Crippen LogP contribution in [-0.4, -0.2) is 50.0 Å². The molecule has 2 amide bonds. The molecule has 37 heavy (non-hydrogen) atoms. The minimum absolute atomic E-state index is 0.00398. The highest BCUT2D eigenvalue weighted by atomic mass is 35.5. The van der Waals surface area contributed by atoms with E-state index in [9.17, 15) is 31.2 Å². The van der Waals surface area contributed by atoms with Gasteiger partial charge in [-0.15, -0.1) is 0 Å². The van der Waals surface area contributed by atoms with Crippen molar-refractivity contribution in [2.24, 2.45) is 0 Å². The van der Waals surface area contributed by atoms with Gasteiger partial charge >= 0.3 is 6.18 Å². The predicted molar refractivity (Wildman–Crippen MR) is 135 cm³/mol. The number of sulfonamides is 1. The van der Waals surface area contributed by atoms with Gasteiger partial charge in [-0.05, 0) is 55.7 Å². The van der Waals surface area contributed by atoms with Crippen molar-refractivity contribution in [3.63, 3.8) is 0 Å². The number of anilines is 1. The first-order valence-electron chi connectivity index (χ1n) is 11.7. The highest BCUT2D eigenvalue weighted by molar-refractivity contribution is 7.92. The Morgan fingerprint density at radius 2 is 1.76 bits per heavy atom. The highest BCUT2D eigenvalue weighted by Gasteiger charge is 2.34. The van der Waals surface area contributed by atoms with E-state index in [-0.39, 0.29) is 18.3 Å². The Morgan fingerprint density at radius 3 is 2.35 bits per heavy atom. The topological polar surface area (TPSA) is 86.8 Å². The minimum Gasteiger partial charge on any atom is -0.352 e. The van der Waals surface area contributed by atoms with Crippen molar-refractivity contribution in [3.8, 4) is 0 Å².